The van der Waals surface area contributed by atoms with Gasteiger partial charge in [0.25, 0.3) is 0 Å². The van der Waals surface area contributed by atoms with Crippen molar-refractivity contribution in [3.05, 3.63) is 0 Å². The van der Waals surface area contributed by atoms with E-state index in [1.165, 1.54) is 12.8 Å². The third kappa shape index (κ3) is 4.80. The number of carbonyl (C=O) groups is 2. The standard InChI is InChI=1S/C25H44N2O3/c1-7-10-24(5,6)20-17-25(21(28)30-20)11-14-26(15-12-25)22(29)27-13-9-19(8-2)16-23(3,4)18-27/h19-20H,7-18H2,1-6H3. The highest BCUT2D eigenvalue weighted by molar-refractivity contribution is 5.80. The molecule has 1 spiro atoms. The van der Waals surface area contributed by atoms with Crippen LogP contribution in [0.15, 0.2) is 0 Å². The molecular formula is C25H44N2O3. The zero-order valence-corrected chi connectivity index (χ0v) is 20.3. The van der Waals surface area contributed by atoms with Crippen molar-refractivity contribution >= 4 is 12.0 Å². The normalized spacial score (nSPS) is 29.1. The number of hydrogen-bond donors (Lipinski definition) is 0. The van der Waals surface area contributed by atoms with E-state index in [4.69, 9.17) is 4.74 Å². The second-order valence-electron chi connectivity index (χ2n) is 11.7. The monoisotopic (exact) mass is 420 g/mol. The highest BCUT2D eigenvalue weighted by Crippen LogP contribution is 2.48. The maximum Gasteiger partial charge on any atom is 0.320 e. The van der Waals surface area contributed by atoms with E-state index >= 15 is 0 Å². The lowest BCUT2D eigenvalue weighted by atomic mass is 9.71. The number of piperidine rings is 1. The van der Waals surface area contributed by atoms with Crippen molar-refractivity contribution in [3.8, 4) is 0 Å². The Balaban J connectivity index is 1.61. The fourth-order valence-electron chi connectivity index (χ4n) is 6.10. The lowest BCUT2D eigenvalue weighted by Crippen LogP contribution is -2.51. The Morgan fingerprint density at radius 2 is 1.77 bits per heavy atom. The van der Waals surface area contributed by atoms with Crippen LogP contribution in [0.4, 0.5) is 4.79 Å². The molecule has 0 aromatic heterocycles. The van der Waals surface area contributed by atoms with Gasteiger partial charge >= 0.3 is 12.0 Å². The van der Waals surface area contributed by atoms with Gasteiger partial charge in [0.1, 0.15) is 6.10 Å². The summed E-state index contributed by atoms with van der Waals surface area (Å²) in [5, 5.41) is 0. The fraction of sp³-hybridized carbons (Fsp3) is 0.920. The first-order valence-corrected chi connectivity index (χ1v) is 12.3. The Morgan fingerprint density at radius 3 is 2.37 bits per heavy atom. The fourth-order valence-corrected chi connectivity index (χ4v) is 6.10. The summed E-state index contributed by atoms with van der Waals surface area (Å²) in [4.78, 5) is 30.2. The topological polar surface area (TPSA) is 49.9 Å². The number of rotatable bonds is 4. The van der Waals surface area contributed by atoms with Crippen LogP contribution >= 0.6 is 0 Å². The number of esters is 1. The molecule has 0 aromatic rings. The van der Waals surface area contributed by atoms with E-state index in [1.807, 2.05) is 4.90 Å². The number of likely N-dealkylation sites (tertiary alicyclic amines) is 2. The molecule has 3 aliphatic heterocycles. The number of cyclic esters (lactones) is 1. The van der Waals surface area contributed by atoms with Crippen LogP contribution in [0.5, 0.6) is 0 Å². The molecule has 3 aliphatic rings. The summed E-state index contributed by atoms with van der Waals surface area (Å²) in [6.45, 7) is 16.5. The molecule has 0 N–H and O–H groups in total. The molecule has 0 aromatic carbocycles. The number of nitrogens with zero attached hydrogens (tertiary/aromatic N) is 2. The van der Waals surface area contributed by atoms with Crippen LogP contribution in [0, 0.1) is 22.2 Å². The quantitative estimate of drug-likeness (QED) is 0.566. The Labute approximate surface area is 183 Å². The zero-order valence-electron chi connectivity index (χ0n) is 20.3. The average molecular weight is 421 g/mol. The van der Waals surface area contributed by atoms with Crippen LogP contribution in [0.25, 0.3) is 0 Å². The first kappa shape index (κ1) is 23.4. The number of amides is 2. The third-order valence-corrected chi connectivity index (χ3v) is 8.13. The molecule has 3 heterocycles. The van der Waals surface area contributed by atoms with E-state index in [0.29, 0.717) is 19.0 Å². The minimum absolute atomic E-state index is 0.00425. The molecular weight excluding hydrogens is 376 g/mol. The smallest absolute Gasteiger partial charge is 0.320 e. The molecule has 2 amide bonds. The van der Waals surface area contributed by atoms with Gasteiger partial charge in [-0.05, 0) is 43.4 Å². The van der Waals surface area contributed by atoms with E-state index in [2.05, 4.69) is 46.4 Å². The Bertz CT molecular complexity index is 634. The summed E-state index contributed by atoms with van der Waals surface area (Å²) in [7, 11) is 0. The van der Waals surface area contributed by atoms with Crippen molar-refractivity contribution in [2.24, 2.45) is 22.2 Å². The number of carbonyl (C=O) groups excluding carboxylic acids is 2. The van der Waals surface area contributed by atoms with E-state index in [1.54, 1.807) is 0 Å². The van der Waals surface area contributed by atoms with Crippen molar-refractivity contribution < 1.29 is 14.3 Å². The summed E-state index contributed by atoms with van der Waals surface area (Å²) < 4.78 is 5.90. The van der Waals surface area contributed by atoms with Crippen LogP contribution in [0.2, 0.25) is 0 Å². The summed E-state index contributed by atoms with van der Waals surface area (Å²) in [5.74, 6) is 0.685. The SMILES string of the molecule is CCCC(C)(C)C1CC2(CCN(C(=O)N3CCC(CC)CC(C)(C)C3)CC2)C(=O)O1. The average Bonchev–Trinajstić information content (AvgIpc) is 2.90. The maximum absolute atomic E-state index is 13.3. The molecule has 3 saturated heterocycles. The summed E-state index contributed by atoms with van der Waals surface area (Å²) in [5.41, 5.74) is -0.191. The van der Waals surface area contributed by atoms with Crippen molar-refractivity contribution in [1.29, 1.82) is 0 Å². The van der Waals surface area contributed by atoms with Crippen LogP contribution in [-0.4, -0.2) is 54.1 Å². The van der Waals surface area contributed by atoms with Gasteiger partial charge in [-0.15, -0.1) is 0 Å². The van der Waals surface area contributed by atoms with Crippen molar-refractivity contribution in [2.45, 2.75) is 99.0 Å². The van der Waals surface area contributed by atoms with Crippen LogP contribution in [0.3, 0.4) is 0 Å². The third-order valence-electron chi connectivity index (χ3n) is 8.13. The molecule has 172 valence electrons. The van der Waals surface area contributed by atoms with Crippen molar-refractivity contribution in [3.63, 3.8) is 0 Å². The Morgan fingerprint density at radius 1 is 1.10 bits per heavy atom. The highest BCUT2D eigenvalue weighted by atomic mass is 16.6. The molecule has 0 aliphatic carbocycles. The van der Waals surface area contributed by atoms with Gasteiger partial charge in [0.2, 0.25) is 0 Å². The first-order chi connectivity index (χ1) is 14.0. The number of ether oxygens (including phenoxy) is 1. The van der Waals surface area contributed by atoms with Gasteiger partial charge in [-0.25, -0.2) is 4.79 Å². The predicted molar refractivity (Wildman–Crippen MR) is 120 cm³/mol. The van der Waals surface area contributed by atoms with Gasteiger partial charge in [-0.3, -0.25) is 4.79 Å². The first-order valence-electron chi connectivity index (χ1n) is 12.3. The molecule has 0 bridgehead atoms. The maximum atomic E-state index is 13.3. The number of hydrogen-bond acceptors (Lipinski definition) is 3. The molecule has 0 saturated carbocycles. The van der Waals surface area contributed by atoms with Crippen LogP contribution < -0.4 is 0 Å². The zero-order chi connectivity index (χ0) is 22.2. The largest absolute Gasteiger partial charge is 0.461 e. The molecule has 30 heavy (non-hydrogen) atoms. The summed E-state index contributed by atoms with van der Waals surface area (Å²) in [6, 6.07) is 0.170. The van der Waals surface area contributed by atoms with E-state index < -0.39 is 0 Å². The Hall–Kier alpha value is -1.26. The van der Waals surface area contributed by atoms with E-state index in [0.717, 1.165) is 51.6 Å². The van der Waals surface area contributed by atoms with Gasteiger partial charge in [-0.1, -0.05) is 54.4 Å². The summed E-state index contributed by atoms with van der Waals surface area (Å²) >= 11 is 0. The van der Waals surface area contributed by atoms with Gasteiger partial charge in [0.15, 0.2) is 0 Å². The molecule has 3 fully saturated rings. The van der Waals surface area contributed by atoms with Crippen molar-refractivity contribution in [2.75, 3.05) is 26.2 Å². The minimum Gasteiger partial charge on any atom is -0.461 e. The highest BCUT2D eigenvalue weighted by Gasteiger charge is 2.54. The molecule has 3 rings (SSSR count). The van der Waals surface area contributed by atoms with Gasteiger partial charge < -0.3 is 14.5 Å². The van der Waals surface area contributed by atoms with E-state index in [9.17, 15) is 9.59 Å². The van der Waals surface area contributed by atoms with Crippen LogP contribution in [0.1, 0.15) is 92.9 Å². The Kier molecular flexibility index (Phi) is 6.79. The number of urea groups is 1. The van der Waals surface area contributed by atoms with E-state index in [-0.39, 0.29) is 34.3 Å². The predicted octanol–water partition coefficient (Wildman–Crippen LogP) is 5.48. The minimum atomic E-state index is -0.377. The molecule has 5 nitrogen and oxygen atoms in total. The van der Waals surface area contributed by atoms with Crippen molar-refractivity contribution in [1.82, 2.24) is 9.80 Å². The molecule has 2 unspecified atom stereocenters. The molecule has 5 heteroatoms. The summed E-state index contributed by atoms with van der Waals surface area (Å²) in [6.07, 6.45) is 7.95. The second kappa shape index (κ2) is 8.70. The van der Waals surface area contributed by atoms with Gasteiger partial charge in [0.05, 0.1) is 5.41 Å². The lowest BCUT2D eigenvalue weighted by Gasteiger charge is -2.40. The second-order valence-corrected chi connectivity index (χ2v) is 11.7. The van der Waals surface area contributed by atoms with Gasteiger partial charge in [-0.2, -0.15) is 0 Å². The van der Waals surface area contributed by atoms with Crippen LogP contribution in [-0.2, 0) is 9.53 Å². The molecule has 0 radical (unpaired) electrons. The van der Waals surface area contributed by atoms with Gasteiger partial charge in [0, 0.05) is 38.0 Å². The molecule has 2 atom stereocenters. The lowest BCUT2D eigenvalue weighted by molar-refractivity contribution is -0.153.